The minimum atomic E-state index is -1.10. The fraction of sp³-hybridized carbons (Fsp3) is 0.333. The van der Waals surface area contributed by atoms with Gasteiger partial charge in [-0.15, -0.1) is 0 Å². The molecule has 1 aromatic carbocycles. The van der Waals surface area contributed by atoms with Gasteiger partial charge in [-0.2, -0.15) is 10.1 Å². The molecule has 2 aliphatic carbocycles. The standard InChI is InChI=1S/C18H15BrN2O5/c19-12-3-4-13(26-8-14(22)23)11(6-12)7-20-21-17(24)15-9-1-2-10(5-9)16(15)18(21)25/h1-4,6-7,9-10,15-16H,5,8H2,(H,22,23)/t9-,10-,15-,16+/m0/s1. The van der Waals surface area contributed by atoms with E-state index < -0.39 is 12.6 Å². The number of carboxylic acid groups (broad SMARTS) is 1. The molecule has 2 fully saturated rings. The topological polar surface area (TPSA) is 96.3 Å². The van der Waals surface area contributed by atoms with Crippen molar-refractivity contribution in [3.8, 4) is 5.75 Å². The van der Waals surface area contributed by atoms with Gasteiger partial charge >= 0.3 is 5.97 Å². The highest BCUT2D eigenvalue weighted by Gasteiger charge is 2.59. The predicted molar refractivity (Wildman–Crippen MR) is 94.4 cm³/mol. The normalized spacial score (nSPS) is 29.0. The van der Waals surface area contributed by atoms with Crippen molar-refractivity contribution < 1.29 is 24.2 Å². The van der Waals surface area contributed by atoms with E-state index in [1.165, 1.54) is 6.21 Å². The molecule has 1 aliphatic heterocycles. The molecule has 0 unspecified atom stereocenters. The Bertz CT molecular complexity index is 835. The summed E-state index contributed by atoms with van der Waals surface area (Å²) in [5, 5.41) is 13.8. The second kappa shape index (κ2) is 6.35. The third-order valence-electron chi connectivity index (χ3n) is 5.08. The van der Waals surface area contributed by atoms with Crippen LogP contribution in [-0.4, -0.2) is 40.7 Å². The highest BCUT2D eigenvalue weighted by atomic mass is 79.9. The van der Waals surface area contributed by atoms with Gasteiger partial charge in [-0.3, -0.25) is 9.59 Å². The molecule has 3 aliphatic rings. The van der Waals surface area contributed by atoms with Crippen LogP contribution in [-0.2, 0) is 14.4 Å². The lowest BCUT2D eigenvalue weighted by Gasteiger charge is -2.13. The molecule has 0 aromatic heterocycles. The van der Waals surface area contributed by atoms with Gasteiger partial charge in [-0.1, -0.05) is 28.1 Å². The fourth-order valence-electron chi connectivity index (χ4n) is 4.01. The molecular weight excluding hydrogens is 404 g/mol. The average molecular weight is 419 g/mol. The first-order chi connectivity index (χ1) is 12.5. The Morgan fingerprint density at radius 1 is 1.27 bits per heavy atom. The molecule has 1 N–H and O–H groups in total. The number of carbonyl (C=O) groups excluding carboxylic acids is 2. The Morgan fingerprint density at radius 2 is 1.92 bits per heavy atom. The van der Waals surface area contributed by atoms with Gasteiger partial charge in [0, 0.05) is 10.0 Å². The number of carboxylic acids is 1. The third-order valence-corrected chi connectivity index (χ3v) is 5.58. The molecule has 134 valence electrons. The van der Waals surface area contributed by atoms with E-state index in [1.807, 2.05) is 12.2 Å². The van der Waals surface area contributed by atoms with E-state index in [1.54, 1.807) is 18.2 Å². The van der Waals surface area contributed by atoms with Crippen LogP contribution in [0.25, 0.3) is 0 Å². The summed E-state index contributed by atoms with van der Waals surface area (Å²) in [4.78, 5) is 35.9. The molecule has 1 saturated carbocycles. The van der Waals surface area contributed by atoms with Crippen LogP contribution in [0.1, 0.15) is 12.0 Å². The van der Waals surface area contributed by atoms with E-state index in [2.05, 4.69) is 21.0 Å². The molecule has 8 heteroatoms. The van der Waals surface area contributed by atoms with Gasteiger partial charge in [0.15, 0.2) is 6.61 Å². The Kier molecular flexibility index (Phi) is 4.14. The van der Waals surface area contributed by atoms with Crippen molar-refractivity contribution in [1.82, 2.24) is 5.01 Å². The summed E-state index contributed by atoms with van der Waals surface area (Å²) in [6, 6.07) is 4.98. The summed E-state index contributed by atoms with van der Waals surface area (Å²) >= 11 is 3.33. The van der Waals surface area contributed by atoms with Crippen molar-refractivity contribution in [3.63, 3.8) is 0 Å². The number of allylic oxidation sites excluding steroid dienone is 2. The molecule has 0 radical (unpaired) electrons. The molecule has 4 atom stereocenters. The van der Waals surface area contributed by atoms with Crippen LogP contribution in [0, 0.1) is 23.7 Å². The van der Waals surface area contributed by atoms with Crippen LogP contribution >= 0.6 is 15.9 Å². The molecule has 7 nitrogen and oxygen atoms in total. The molecule has 2 bridgehead atoms. The van der Waals surface area contributed by atoms with Gasteiger partial charge in [-0.25, -0.2) is 4.79 Å². The summed E-state index contributed by atoms with van der Waals surface area (Å²) in [5.74, 6) is -1.69. The first-order valence-corrected chi connectivity index (χ1v) is 8.99. The van der Waals surface area contributed by atoms with Crippen molar-refractivity contribution in [2.75, 3.05) is 6.61 Å². The maximum absolute atomic E-state index is 12.6. The number of carbonyl (C=O) groups is 3. The van der Waals surface area contributed by atoms with Crippen molar-refractivity contribution in [3.05, 3.63) is 40.4 Å². The van der Waals surface area contributed by atoms with Crippen LogP contribution in [0.5, 0.6) is 5.75 Å². The Balaban J connectivity index is 1.57. The minimum Gasteiger partial charge on any atom is -0.481 e. The number of amides is 2. The Morgan fingerprint density at radius 3 is 2.54 bits per heavy atom. The molecular formula is C18H15BrN2O5. The number of ether oxygens (including phenoxy) is 1. The zero-order valence-corrected chi connectivity index (χ0v) is 15.1. The van der Waals surface area contributed by atoms with E-state index in [9.17, 15) is 14.4 Å². The van der Waals surface area contributed by atoms with Crippen molar-refractivity contribution in [2.24, 2.45) is 28.8 Å². The molecule has 1 aromatic rings. The number of hydrogen-bond acceptors (Lipinski definition) is 5. The van der Waals surface area contributed by atoms with Crippen LogP contribution in [0.4, 0.5) is 0 Å². The van der Waals surface area contributed by atoms with Crippen molar-refractivity contribution >= 4 is 39.9 Å². The summed E-state index contributed by atoms with van der Waals surface area (Å²) in [6.45, 7) is -0.497. The number of rotatable bonds is 5. The summed E-state index contributed by atoms with van der Waals surface area (Å²) < 4.78 is 5.97. The molecule has 26 heavy (non-hydrogen) atoms. The van der Waals surface area contributed by atoms with Crippen LogP contribution in [0.3, 0.4) is 0 Å². The summed E-state index contributed by atoms with van der Waals surface area (Å²) in [5.41, 5.74) is 0.472. The lowest BCUT2D eigenvalue weighted by molar-refractivity contribution is -0.141. The average Bonchev–Trinajstić information content (AvgIpc) is 3.27. The fourth-order valence-corrected chi connectivity index (χ4v) is 4.39. The number of nitrogens with zero attached hydrogens (tertiary/aromatic N) is 2. The van der Waals surface area contributed by atoms with Gasteiger partial charge in [0.05, 0.1) is 18.1 Å². The summed E-state index contributed by atoms with van der Waals surface area (Å²) in [6.07, 6.45) is 6.27. The van der Waals surface area contributed by atoms with E-state index in [0.29, 0.717) is 11.3 Å². The van der Waals surface area contributed by atoms with Gasteiger partial charge in [-0.05, 0) is 36.5 Å². The van der Waals surface area contributed by atoms with Crippen molar-refractivity contribution in [1.29, 1.82) is 0 Å². The zero-order chi connectivity index (χ0) is 18.4. The number of fused-ring (bicyclic) bond motifs is 5. The SMILES string of the molecule is O=C(O)COc1ccc(Br)cc1C=NN1C(=O)[C@@H]2[C@H](C1=O)[C@H]1C=C[C@H]2C1. The number of hydrazone groups is 1. The summed E-state index contributed by atoms with van der Waals surface area (Å²) in [7, 11) is 0. The first kappa shape index (κ1) is 17.0. The smallest absolute Gasteiger partial charge is 0.341 e. The quantitative estimate of drug-likeness (QED) is 0.448. The van der Waals surface area contributed by atoms with E-state index >= 15 is 0 Å². The Hall–Kier alpha value is -2.48. The highest BCUT2D eigenvalue weighted by molar-refractivity contribution is 9.10. The zero-order valence-electron chi connectivity index (χ0n) is 13.5. The number of imide groups is 1. The minimum absolute atomic E-state index is 0.127. The number of hydrogen-bond donors (Lipinski definition) is 1. The van der Waals surface area contributed by atoms with Gasteiger partial charge in [0.2, 0.25) is 0 Å². The van der Waals surface area contributed by atoms with Crippen molar-refractivity contribution in [2.45, 2.75) is 6.42 Å². The monoisotopic (exact) mass is 418 g/mol. The molecule has 0 spiro atoms. The molecule has 2 amide bonds. The van der Waals surface area contributed by atoms with E-state index in [4.69, 9.17) is 9.84 Å². The molecule has 1 heterocycles. The largest absolute Gasteiger partial charge is 0.481 e. The number of benzene rings is 1. The second-order valence-corrected chi connectivity index (χ2v) is 7.51. The van der Waals surface area contributed by atoms with Gasteiger partial charge in [0.1, 0.15) is 5.75 Å². The number of aliphatic carboxylic acids is 1. The van der Waals surface area contributed by atoms with Gasteiger partial charge in [0.25, 0.3) is 11.8 Å². The predicted octanol–water partition coefficient (Wildman–Crippen LogP) is 2.05. The van der Waals surface area contributed by atoms with Crippen LogP contribution < -0.4 is 4.74 Å². The van der Waals surface area contributed by atoms with Crippen LogP contribution in [0.2, 0.25) is 0 Å². The maximum Gasteiger partial charge on any atom is 0.341 e. The second-order valence-electron chi connectivity index (χ2n) is 6.60. The first-order valence-electron chi connectivity index (χ1n) is 8.20. The van der Waals surface area contributed by atoms with E-state index in [0.717, 1.165) is 15.9 Å². The maximum atomic E-state index is 12.6. The van der Waals surface area contributed by atoms with Gasteiger partial charge < -0.3 is 9.84 Å². The highest BCUT2D eigenvalue weighted by Crippen LogP contribution is 2.52. The Labute approximate surface area is 157 Å². The van der Waals surface area contributed by atoms with Crippen LogP contribution in [0.15, 0.2) is 39.9 Å². The lowest BCUT2D eigenvalue weighted by Crippen LogP contribution is -2.28. The molecule has 1 saturated heterocycles. The molecule has 4 rings (SSSR count). The van der Waals surface area contributed by atoms with E-state index in [-0.39, 0.29) is 35.5 Å². The number of halogens is 1. The lowest BCUT2D eigenvalue weighted by atomic mass is 9.85. The third kappa shape index (κ3) is 2.74.